The van der Waals surface area contributed by atoms with Gasteiger partial charge in [0.1, 0.15) is 18.0 Å². The molecule has 21 heavy (non-hydrogen) atoms. The molecule has 0 radical (unpaired) electrons. The van der Waals surface area contributed by atoms with Crippen molar-refractivity contribution < 1.29 is 22.7 Å². The number of carbonyl (C=O) groups excluding carboxylic acids is 1. The van der Waals surface area contributed by atoms with Gasteiger partial charge in [-0.15, -0.1) is 11.8 Å². The predicted molar refractivity (Wildman–Crippen MR) is 74.9 cm³/mol. The van der Waals surface area contributed by atoms with Crippen LogP contribution in [-0.2, 0) is 21.4 Å². The molecular formula is C11H12FN3O4S2. The summed E-state index contributed by atoms with van der Waals surface area (Å²) in [7, 11) is -4.18. The molecule has 1 atom stereocenters. The standard InChI is InChI=1S/C11H12FN3O4S2/c12-10-6-1-5(13)4-20-8(6)2-7(16)11(10)15-3-9(17)14-21(15,18)19/h2,5,16H,1,3-4,13H2,(H,14,17)/t5-/m0/s1. The van der Waals surface area contributed by atoms with E-state index < -0.39 is 39.9 Å². The highest BCUT2D eigenvalue weighted by atomic mass is 32.2. The molecule has 0 aromatic heterocycles. The summed E-state index contributed by atoms with van der Waals surface area (Å²) >= 11 is 1.30. The van der Waals surface area contributed by atoms with Crippen LogP contribution in [0.4, 0.5) is 10.1 Å². The lowest BCUT2D eigenvalue weighted by Crippen LogP contribution is -2.32. The number of nitrogens with one attached hydrogen (secondary N) is 1. The van der Waals surface area contributed by atoms with Gasteiger partial charge in [-0.3, -0.25) is 4.79 Å². The van der Waals surface area contributed by atoms with Gasteiger partial charge >= 0.3 is 10.2 Å². The summed E-state index contributed by atoms with van der Waals surface area (Å²) < 4.78 is 40.5. The smallest absolute Gasteiger partial charge is 0.326 e. The van der Waals surface area contributed by atoms with Crippen LogP contribution in [0.15, 0.2) is 11.0 Å². The third-order valence-electron chi connectivity index (χ3n) is 3.27. The van der Waals surface area contributed by atoms with Crippen LogP contribution in [0.3, 0.4) is 0 Å². The highest BCUT2D eigenvalue weighted by Crippen LogP contribution is 2.42. The summed E-state index contributed by atoms with van der Waals surface area (Å²) in [6, 6.07) is 1.06. The zero-order valence-corrected chi connectivity index (χ0v) is 12.3. The van der Waals surface area contributed by atoms with Crippen molar-refractivity contribution >= 4 is 33.6 Å². The lowest BCUT2D eigenvalue weighted by atomic mass is 10.0. The summed E-state index contributed by atoms with van der Waals surface area (Å²) in [5.41, 5.74) is 5.54. The van der Waals surface area contributed by atoms with Crippen molar-refractivity contribution in [3.63, 3.8) is 0 Å². The summed E-state index contributed by atoms with van der Waals surface area (Å²) in [6.07, 6.45) is 0.247. The normalized spacial score (nSPS) is 23.8. The Hall–Kier alpha value is -1.52. The molecule has 0 aliphatic carbocycles. The maximum absolute atomic E-state index is 14.6. The number of aromatic hydroxyl groups is 1. The van der Waals surface area contributed by atoms with Crippen LogP contribution in [0.25, 0.3) is 0 Å². The van der Waals surface area contributed by atoms with Crippen LogP contribution < -0.4 is 14.8 Å². The minimum atomic E-state index is -4.18. The number of amides is 1. The van der Waals surface area contributed by atoms with Crippen molar-refractivity contribution in [2.45, 2.75) is 17.4 Å². The first-order valence-electron chi connectivity index (χ1n) is 6.05. The fourth-order valence-electron chi connectivity index (χ4n) is 2.36. The number of rotatable bonds is 1. The van der Waals surface area contributed by atoms with Gasteiger partial charge in [0.15, 0.2) is 5.82 Å². The molecule has 114 valence electrons. The second-order valence-corrected chi connectivity index (χ2v) is 7.50. The van der Waals surface area contributed by atoms with Gasteiger partial charge in [0.05, 0.1) is 0 Å². The molecule has 1 saturated heterocycles. The lowest BCUT2D eigenvalue weighted by Gasteiger charge is -2.25. The van der Waals surface area contributed by atoms with E-state index in [-0.39, 0.29) is 18.0 Å². The van der Waals surface area contributed by atoms with Gasteiger partial charge in [0.25, 0.3) is 5.91 Å². The van der Waals surface area contributed by atoms with Crippen LogP contribution >= 0.6 is 11.8 Å². The van der Waals surface area contributed by atoms with E-state index in [1.54, 1.807) is 4.72 Å². The molecule has 3 rings (SSSR count). The zero-order valence-electron chi connectivity index (χ0n) is 10.7. The monoisotopic (exact) mass is 333 g/mol. The summed E-state index contributed by atoms with van der Waals surface area (Å²) in [5, 5.41) is 9.96. The van der Waals surface area contributed by atoms with E-state index in [4.69, 9.17) is 5.73 Å². The van der Waals surface area contributed by atoms with Crippen LogP contribution in [-0.4, -0.2) is 37.8 Å². The van der Waals surface area contributed by atoms with E-state index >= 15 is 0 Å². The number of phenolic OH excluding ortho intramolecular Hbond substituents is 1. The Labute approximate surface area is 124 Å². The van der Waals surface area contributed by atoms with E-state index in [0.717, 1.165) is 0 Å². The van der Waals surface area contributed by atoms with Gasteiger partial charge in [-0.1, -0.05) is 0 Å². The number of fused-ring (bicyclic) bond motifs is 1. The number of nitrogens with zero attached hydrogens (tertiary/aromatic N) is 1. The average molecular weight is 333 g/mol. The van der Waals surface area contributed by atoms with Crippen LogP contribution in [0, 0.1) is 5.82 Å². The fourth-order valence-corrected chi connectivity index (χ4v) is 4.58. The molecule has 0 spiro atoms. The first kappa shape index (κ1) is 14.4. The largest absolute Gasteiger partial charge is 0.506 e. The molecule has 7 nitrogen and oxygen atoms in total. The Bertz CT molecular complexity index is 737. The van der Waals surface area contributed by atoms with Gasteiger partial charge in [-0.2, -0.15) is 8.42 Å². The Morgan fingerprint density at radius 1 is 1.52 bits per heavy atom. The molecule has 10 heteroatoms. The maximum Gasteiger partial charge on any atom is 0.326 e. The maximum atomic E-state index is 14.6. The van der Waals surface area contributed by atoms with Crippen molar-refractivity contribution in [3.05, 3.63) is 17.4 Å². The second kappa shape index (κ2) is 4.75. The van der Waals surface area contributed by atoms with Gasteiger partial charge in [0.2, 0.25) is 0 Å². The number of hydrogen-bond acceptors (Lipinski definition) is 6. The summed E-state index contributed by atoms with van der Waals surface area (Å²) in [4.78, 5) is 11.8. The fraction of sp³-hybridized carbons (Fsp3) is 0.364. The SMILES string of the molecule is N[C@@H]1CSc2cc(O)c(N3CC(=O)NS3(=O)=O)c(F)c2C1. The minimum absolute atomic E-state index is 0.246. The van der Waals surface area contributed by atoms with Gasteiger partial charge in [-0.25, -0.2) is 13.4 Å². The zero-order chi connectivity index (χ0) is 15.4. The minimum Gasteiger partial charge on any atom is -0.506 e. The van der Waals surface area contributed by atoms with E-state index in [1.807, 2.05) is 0 Å². The number of halogens is 1. The third-order valence-corrected chi connectivity index (χ3v) is 5.92. The van der Waals surface area contributed by atoms with Crippen molar-refractivity contribution in [1.82, 2.24) is 4.72 Å². The van der Waals surface area contributed by atoms with Crippen molar-refractivity contribution in [2.24, 2.45) is 5.73 Å². The van der Waals surface area contributed by atoms with Crippen LogP contribution in [0.5, 0.6) is 5.75 Å². The third kappa shape index (κ3) is 2.32. The molecule has 2 heterocycles. The topological polar surface area (TPSA) is 113 Å². The highest BCUT2D eigenvalue weighted by Gasteiger charge is 2.39. The molecule has 4 N–H and O–H groups in total. The molecule has 1 aromatic rings. The van der Waals surface area contributed by atoms with Gasteiger partial charge in [-0.05, 0) is 12.5 Å². The Morgan fingerprint density at radius 2 is 2.24 bits per heavy atom. The number of phenols is 1. The van der Waals surface area contributed by atoms with E-state index in [0.29, 0.717) is 15.0 Å². The Kier molecular flexibility index (Phi) is 3.26. The van der Waals surface area contributed by atoms with Crippen LogP contribution in [0.2, 0.25) is 0 Å². The Morgan fingerprint density at radius 3 is 2.86 bits per heavy atom. The predicted octanol–water partition coefficient (Wildman–Crippen LogP) is -0.312. The molecule has 0 saturated carbocycles. The first-order valence-corrected chi connectivity index (χ1v) is 8.48. The molecule has 1 fully saturated rings. The van der Waals surface area contributed by atoms with E-state index in [9.17, 15) is 22.7 Å². The molecule has 1 amide bonds. The highest BCUT2D eigenvalue weighted by molar-refractivity contribution is 7.99. The number of benzene rings is 1. The number of anilines is 1. The first-order chi connectivity index (χ1) is 9.79. The van der Waals surface area contributed by atoms with E-state index in [2.05, 4.69) is 0 Å². The van der Waals surface area contributed by atoms with E-state index in [1.165, 1.54) is 17.8 Å². The van der Waals surface area contributed by atoms with Crippen LogP contribution in [0.1, 0.15) is 5.56 Å². The number of carbonyl (C=O) groups is 1. The summed E-state index contributed by atoms with van der Waals surface area (Å²) in [6.45, 7) is -0.565. The number of hydrogen-bond donors (Lipinski definition) is 3. The number of thioether (sulfide) groups is 1. The second-order valence-electron chi connectivity index (χ2n) is 4.85. The molecule has 0 bridgehead atoms. The molecule has 0 unspecified atom stereocenters. The number of nitrogens with two attached hydrogens (primary N) is 1. The molecule has 2 aliphatic heterocycles. The molecular weight excluding hydrogens is 321 g/mol. The summed E-state index contributed by atoms with van der Waals surface area (Å²) in [5.74, 6) is -1.56. The average Bonchev–Trinajstić information content (AvgIpc) is 2.64. The molecule has 2 aliphatic rings. The van der Waals surface area contributed by atoms with Crippen molar-refractivity contribution in [1.29, 1.82) is 0 Å². The van der Waals surface area contributed by atoms with Gasteiger partial charge in [0, 0.05) is 22.3 Å². The van der Waals surface area contributed by atoms with Crippen molar-refractivity contribution in [3.8, 4) is 5.75 Å². The van der Waals surface area contributed by atoms with Crippen molar-refractivity contribution in [2.75, 3.05) is 16.6 Å². The van der Waals surface area contributed by atoms with Gasteiger partial charge < -0.3 is 10.8 Å². The lowest BCUT2D eigenvalue weighted by molar-refractivity contribution is -0.117. The molecule has 1 aromatic carbocycles. The Balaban J connectivity index is 2.16. The quantitative estimate of drug-likeness (QED) is 0.650.